The molecule has 1 N–H and O–H groups in total. The van der Waals surface area contributed by atoms with Crippen LogP contribution in [0.3, 0.4) is 0 Å². The van der Waals surface area contributed by atoms with Crippen molar-refractivity contribution in [3.8, 4) is 0 Å². The standard InChI is InChI=1S/C17H28N4O6SSi/c1-17(2,3)29(4,5)26-9-7-13-6-8-18-20(13)14-10-15-12-19(11-14)16(22)21(15)27-28(23,24)25/h6,8,10,15H,7,9,11-12H2,1-5H3,(H,23,24,25). The maximum Gasteiger partial charge on any atom is 0.418 e. The Balaban J connectivity index is 1.73. The Morgan fingerprint density at radius 1 is 1.34 bits per heavy atom. The third kappa shape index (κ3) is 4.72. The Hall–Kier alpha value is -1.73. The van der Waals surface area contributed by atoms with Crippen LogP contribution < -0.4 is 0 Å². The summed E-state index contributed by atoms with van der Waals surface area (Å²) in [7, 11) is -6.63. The Labute approximate surface area is 172 Å². The summed E-state index contributed by atoms with van der Waals surface area (Å²) in [5, 5.41) is 5.16. The zero-order valence-corrected chi connectivity index (χ0v) is 19.1. The lowest BCUT2D eigenvalue weighted by atomic mass is 10.2. The summed E-state index contributed by atoms with van der Waals surface area (Å²) in [5.74, 6) is 0. The highest BCUT2D eigenvalue weighted by Gasteiger charge is 2.43. The van der Waals surface area contributed by atoms with Crippen molar-refractivity contribution in [3.63, 3.8) is 0 Å². The van der Waals surface area contributed by atoms with Crippen LogP contribution in [-0.4, -0.2) is 72.8 Å². The van der Waals surface area contributed by atoms with E-state index in [0.717, 1.165) is 11.4 Å². The van der Waals surface area contributed by atoms with Crippen molar-refractivity contribution < 1.29 is 26.5 Å². The Morgan fingerprint density at radius 3 is 2.66 bits per heavy atom. The monoisotopic (exact) mass is 444 g/mol. The fourth-order valence-corrected chi connectivity index (χ4v) is 4.54. The lowest BCUT2D eigenvalue weighted by Crippen LogP contribution is -2.41. The Morgan fingerprint density at radius 2 is 2.03 bits per heavy atom. The van der Waals surface area contributed by atoms with Crippen molar-refractivity contribution in [1.82, 2.24) is 19.7 Å². The van der Waals surface area contributed by atoms with Crippen LogP contribution in [0.5, 0.6) is 0 Å². The molecule has 2 bridgehead atoms. The van der Waals surface area contributed by atoms with E-state index in [2.05, 4.69) is 43.2 Å². The fourth-order valence-electron chi connectivity index (χ4n) is 3.11. The van der Waals surface area contributed by atoms with Gasteiger partial charge in [-0.3, -0.25) is 4.55 Å². The van der Waals surface area contributed by atoms with Gasteiger partial charge in [0.1, 0.15) is 6.04 Å². The summed E-state index contributed by atoms with van der Waals surface area (Å²) in [4.78, 5) is 13.8. The smallest absolute Gasteiger partial charge is 0.416 e. The molecule has 2 aliphatic heterocycles. The van der Waals surface area contributed by atoms with Crippen molar-refractivity contribution in [2.75, 3.05) is 19.7 Å². The quantitative estimate of drug-likeness (QED) is 0.506. The highest BCUT2D eigenvalue weighted by molar-refractivity contribution is 7.80. The number of amides is 2. The summed E-state index contributed by atoms with van der Waals surface area (Å²) < 4.78 is 43.4. The van der Waals surface area contributed by atoms with Crippen molar-refractivity contribution in [3.05, 3.63) is 24.0 Å². The van der Waals surface area contributed by atoms with E-state index >= 15 is 0 Å². The number of nitrogens with zero attached hydrogens (tertiary/aromatic N) is 4. The van der Waals surface area contributed by atoms with E-state index in [1.165, 1.54) is 4.90 Å². The predicted octanol–water partition coefficient (Wildman–Crippen LogP) is 2.14. The van der Waals surface area contributed by atoms with E-state index in [9.17, 15) is 13.2 Å². The number of hydrogen-bond donors (Lipinski definition) is 1. The van der Waals surface area contributed by atoms with Gasteiger partial charge in [-0.2, -0.15) is 18.6 Å². The number of aromatic nitrogens is 2. The fraction of sp³-hybridized carbons (Fsp3) is 0.647. The first-order valence-electron chi connectivity index (χ1n) is 9.41. The number of fused-ring (bicyclic) bond motifs is 2. The summed E-state index contributed by atoms with van der Waals surface area (Å²) >= 11 is 0. The van der Waals surface area contributed by atoms with Gasteiger partial charge in [0, 0.05) is 31.5 Å². The zero-order valence-electron chi connectivity index (χ0n) is 17.3. The molecular weight excluding hydrogens is 416 g/mol. The lowest BCUT2D eigenvalue weighted by molar-refractivity contribution is -0.0183. The number of rotatable bonds is 7. The average molecular weight is 445 g/mol. The van der Waals surface area contributed by atoms with Gasteiger partial charge in [-0.1, -0.05) is 20.8 Å². The van der Waals surface area contributed by atoms with Crippen molar-refractivity contribution >= 4 is 30.4 Å². The first-order chi connectivity index (χ1) is 13.3. The molecule has 10 nitrogen and oxygen atoms in total. The van der Waals surface area contributed by atoms with Gasteiger partial charge in [-0.05, 0) is 30.3 Å². The normalized spacial score (nSPS) is 20.4. The molecule has 162 valence electrons. The van der Waals surface area contributed by atoms with Gasteiger partial charge in [0.2, 0.25) is 0 Å². The molecule has 1 fully saturated rings. The maximum absolute atomic E-state index is 12.3. The second kappa shape index (κ2) is 7.51. The number of carbonyl (C=O) groups excluding carboxylic acids is 1. The zero-order chi connectivity index (χ0) is 21.6. The molecule has 0 aliphatic carbocycles. The number of hydrogen-bond acceptors (Lipinski definition) is 6. The molecule has 2 amide bonds. The van der Waals surface area contributed by atoms with Crippen LogP contribution >= 0.6 is 0 Å². The average Bonchev–Trinajstić information content (AvgIpc) is 3.12. The van der Waals surface area contributed by atoms with Gasteiger partial charge in [0.05, 0.1) is 12.2 Å². The summed E-state index contributed by atoms with van der Waals surface area (Å²) in [6, 6.07) is 0.651. The SMILES string of the molecule is CC(C)(C)[Si](C)(C)OCCc1ccnn1C1=CC2CN(C1)C(=O)N2OS(=O)(=O)O. The van der Waals surface area contributed by atoms with Crippen molar-refractivity contribution in [2.45, 2.75) is 51.4 Å². The van der Waals surface area contributed by atoms with Crippen LogP contribution in [0.2, 0.25) is 18.1 Å². The second-order valence-electron chi connectivity index (χ2n) is 8.81. The predicted molar refractivity (Wildman–Crippen MR) is 109 cm³/mol. The molecular formula is C17H28N4O6SSi. The molecule has 1 aromatic heterocycles. The van der Waals surface area contributed by atoms with Crippen molar-refractivity contribution in [2.24, 2.45) is 0 Å². The van der Waals surface area contributed by atoms with Crippen LogP contribution in [-0.2, 0) is 25.5 Å². The lowest BCUT2D eigenvalue weighted by Gasteiger charge is -2.36. The molecule has 1 unspecified atom stereocenters. The van der Waals surface area contributed by atoms with E-state index in [4.69, 9.17) is 8.98 Å². The maximum atomic E-state index is 12.3. The van der Waals surface area contributed by atoms with Gasteiger partial charge in [0.25, 0.3) is 0 Å². The molecule has 0 radical (unpaired) electrons. The van der Waals surface area contributed by atoms with E-state index in [0.29, 0.717) is 18.1 Å². The second-order valence-corrected chi connectivity index (χ2v) is 14.6. The van der Waals surface area contributed by atoms with Gasteiger partial charge < -0.3 is 9.33 Å². The molecule has 0 aromatic carbocycles. The van der Waals surface area contributed by atoms with Crippen LogP contribution in [0.4, 0.5) is 4.79 Å². The third-order valence-electron chi connectivity index (χ3n) is 5.70. The minimum Gasteiger partial charge on any atom is -0.416 e. The van der Waals surface area contributed by atoms with E-state index in [-0.39, 0.29) is 18.1 Å². The first-order valence-corrected chi connectivity index (χ1v) is 13.7. The first kappa shape index (κ1) is 22.0. The molecule has 1 atom stereocenters. The minimum atomic E-state index is -4.78. The number of urea groups is 1. The number of hydroxylamine groups is 2. The molecule has 12 heteroatoms. The minimum absolute atomic E-state index is 0.127. The van der Waals surface area contributed by atoms with Crippen molar-refractivity contribution in [1.29, 1.82) is 0 Å². The topological polar surface area (TPSA) is 114 Å². The van der Waals surface area contributed by atoms with Crippen LogP contribution in [0, 0.1) is 0 Å². The van der Waals surface area contributed by atoms with Crippen LogP contribution in [0.15, 0.2) is 18.3 Å². The third-order valence-corrected chi connectivity index (χ3v) is 10.6. The summed E-state index contributed by atoms with van der Waals surface area (Å²) in [6.07, 6.45) is 4.08. The largest absolute Gasteiger partial charge is 0.418 e. The van der Waals surface area contributed by atoms with Crippen LogP contribution in [0.1, 0.15) is 26.5 Å². The number of carbonyl (C=O) groups is 1. The molecule has 2 aliphatic rings. The molecule has 0 spiro atoms. The Kier molecular flexibility index (Phi) is 5.68. The molecule has 0 saturated carbocycles. The summed E-state index contributed by atoms with van der Waals surface area (Å²) in [6.45, 7) is 12.1. The van der Waals surface area contributed by atoms with E-state index in [1.54, 1.807) is 17.0 Å². The summed E-state index contributed by atoms with van der Waals surface area (Å²) in [5.41, 5.74) is 1.68. The highest BCUT2D eigenvalue weighted by Crippen LogP contribution is 2.36. The highest BCUT2D eigenvalue weighted by atomic mass is 32.3. The molecule has 29 heavy (non-hydrogen) atoms. The van der Waals surface area contributed by atoms with Gasteiger partial charge in [-0.15, -0.1) is 4.28 Å². The molecule has 1 aromatic rings. The van der Waals surface area contributed by atoms with Gasteiger partial charge >= 0.3 is 16.4 Å². The van der Waals surface area contributed by atoms with Gasteiger partial charge in [-0.25, -0.2) is 9.48 Å². The molecule has 3 rings (SSSR count). The molecule has 1 saturated heterocycles. The van der Waals surface area contributed by atoms with Crippen LogP contribution in [0.25, 0.3) is 5.70 Å². The van der Waals surface area contributed by atoms with E-state index < -0.39 is 30.8 Å². The Bertz CT molecular complexity index is 921. The van der Waals surface area contributed by atoms with E-state index in [1.807, 2.05) is 6.07 Å². The van der Waals surface area contributed by atoms with Gasteiger partial charge in [0.15, 0.2) is 8.32 Å². The molecule has 3 heterocycles.